The summed E-state index contributed by atoms with van der Waals surface area (Å²) in [5.74, 6) is -1.46. The van der Waals surface area contributed by atoms with Crippen molar-refractivity contribution in [1.29, 1.82) is 0 Å². The van der Waals surface area contributed by atoms with Gasteiger partial charge in [0.2, 0.25) is 5.75 Å². The third kappa shape index (κ3) is 5.28. The maximum absolute atomic E-state index is 13.9. The molecule has 0 bridgehead atoms. The highest BCUT2D eigenvalue weighted by molar-refractivity contribution is 5.94. The van der Waals surface area contributed by atoms with Gasteiger partial charge in [-0.2, -0.15) is 0 Å². The first-order valence-corrected chi connectivity index (χ1v) is 11.3. The van der Waals surface area contributed by atoms with Crippen molar-refractivity contribution in [2.45, 2.75) is 38.4 Å². The van der Waals surface area contributed by atoms with Gasteiger partial charge in [-0.15, -0.1) is 6.58 Å². The molecule has 2 heterocycles. The predicted octanol–water partition coefficient (Wildman–Crippen LogP) is 2.27. The normalized spacial score (nSPS) is 17.5. The summed E-state index contributed by atoms with van der Waals surface area (Å²) in [7, 11) is 3.54. The molecule has 1 aromatic heterocycles. The first kappa shape index (κ1) is 25.4. The molecule has 3 rings (SSSR count). The molecule has 0 unspecified atom stereocenters. The van der Waals surface area contributed by atoms with Crippen molar-refractivity contribution in [3.05, 3.63) is 64.1 Å². The summed E-state index contributed by atoms with van der Waals surface area (Å²) in [4.78, 5) is 32.3. The Balaban J connectivity index is 1.91. The molecule has 34 heavy (non-hydrogen) atoms. The van der Waals surface area contributed by atoms with Crippen molar-refractivity contribution in [1.82, 2.24) is 20.2 Å². The lowest BCUT2D eigenvalue weighted by Crippen LogP contribution is -2.36. The Labute approximate surface area is 198 Å². The molecule has 1 amide bonds. The minimum absolute atomic E-state index is 0.0581. The van der Waals surface area contributed by atoms with Crippen molar-refractivity contribution in [3.63, 3.8) is 0 Å². The quantitative estimate of drug-likeness (QED) is 0.480. The van der Waals surface area contributed by atoms with Gasteiger partial charge < -0.3 is 25.4 Å². The van der Waals surface area contributed by atoms with Gasteiger partial charge in [-0.05, 0) is 37.6 Å². The summed E-state index contributed by atoms with van der Waals surface area (Å²) in [5, 5.41) is 16.3. The maximum atomic E-state index is 13.9. The summed E-state index contributed by atoms with van der Waals surface area (Å²) < 4.78 is 21.0. The van der Waals surface area contributed by atoms with Crippen LogP contribution in [0, 0.1) is 5.82 Å². The monoisotopic (exact) mass is 473 g/mol. The average molecular weight is 474 g/mol. The minimum Gasteiger partial charge on any atom is -0.501 e. The molecule has 3 N–H and O–H groups in total. The summed E-state index contributed by atoms with van der Waals surface area (Å²) in [6.45, 7) is 6.89. The summed E-state index contributed by atoms with van der Waals surface area (Å²) in [5.41, 5.74) is 0.274. The number of halogens is 1. The number of anilines is 1. The number of amides is 1. The molecule has 1 aliphatic heterocycles. The number of carbonyl (C=O) groups is 1. The van der Waals surface area contributed by atoms with Gasteiger partial charge in [-0.3, -0.25) is 14.2 Å². The first-order chi connectivity index (χ1) is 16.3. The highest BCUT2D eigenvalue weighted by Gasteiger charge is 2.30. The zero-order chi connectivity index (χ0) is 24.8. The number of carbonyl (C=O) groups excluding carboxylic acids is 1. The number of fused-ring (bicyclic) bond motifs is 1. The van der Waals surface area contributed by atoms with Crippen LogP contribution in [0.2, 0.25) is 0 Å². The van der Waals surface area contributed by atoms with E-state index in [1.54, 1.807) is 19.2 Å². The van der Waals surface area contributed by atoms with Gasteiger partial charge in [0.05, 0.1) is 25.3 Å². The Morgan fingerprint density at radius 3 is 2.88 bits per heavy atom. The number of hydrogen-bond acceptors (Lipinski definition) is 7. The molecular formula is C24H32FN5O4. The van der Waals surface area contributed by atoms with Crippen molar-refractivity contribution in [3.8, 4) is 5.75 Å². The van der Waals surface area contributed by atoms with Gasteiger partial charge in [-0.25, -0.2) is 9.37 Å². The maximum Gasteiger partial charge on any atom is 0.296 e. The number of hydrogen-bond donors (Lipinski definition) is 3. The van der Waals surface area contributed by atoms with Crippen LogP contribution in [0.5, 0.6) is 5.75 Å². The van der Waals surface area contributed by atoms with E-state index in [-0.39, 0.29) is 30.7 Å². The Bertz CT molecular complexity index is 1100. The predicted molar refractivity (Wildman–Crippen MR) is 128 cm³/mol. The van der Waals surface area contributed by atoms with Crippen molar-refractivity contribution >= 4 is 11.6 Å². The number of likely N-dealkylation sites (N-methyl/N-ethyl adjacent to an activating group) is 1. The van der Waals surface area contributed by atoms with E-state index in [0.717, 1.165) is 0 Å². The molecule has 0 aliphatic carbocycles. The molecule has 0 saturated heterocycles. The van der Waals surface area contributed by atoms with Gasteiger partial charge in [0.25, 0.3) is 11.5 Å². The van der Waals surface area contributed by atoms with Crippen LogP contribution in [0.1, 0.15) is 53.7 Å². The third-order valence-corrected chi connectivity index (χ3v) is 5.99. The molecule has 2 aromatic rings. The number of nitrogens with zero attached hydrogens (tertiary/aromatic N) is 3. The van der Waals surface area contributed by atoms with Crippen LogP contribution in [-0.4, -0.2) is 54.4 Å². The summed E-state index contributed by atoms with van der Waals surface area (Å²) in [6, 6.07) is 3.59. The first-order valence-electron chi connectivity index (χ1n) is 11.3. The molecule has 1 aliphatic rings. The molecule has 0 spiro atoms. The Hall–Kier alpha value is -3.24. The smallest absolute Gasteiger partial charge is 0.296 e. The number of benzene rings is 1. The molecule has 184 valence electrons. The molecule has 1 aromatic carbocycles. The van der Waals surface area contributed by atoms with E-state index >= 15 is 0 Å². The average Bonchev–Trinajstić information content (AvgIpc) is 3.02. The van der Waals surface area contributed by atoms with E-state index < -0.39 is 23.3 Å². The highest BCUT2D eigenvalue weighted by atomic mass is 19.1. The fourth-order valence-corrected chi connectivity index (χ4v) is 3.99. The molecule has 0 saturated carbocycles. The molecule has 2 atom stereocenters. The van der Waals surface area contributed by atoms with E-state index in [1.807, 2.05) is 18.9 Å². The fraction of sp³-hybridized carbons (Fsp3) is 0.458. The number of ether oxygens (including phenoxy) is 1. The molecule has 0 radical (unpaired) electrons. The molecule has 9 nitrogen and oxygen atoms in total. The summed E-state index contributed by atoms with van der Waals surface area (Å²) in [6.07, 6.45) is 3.09. The van der Waals surface area contributed by atoms with Gasteiger partial charge in [0.1, 0.15) is 11.6 Å². The van der Waals surface area contributed by atoms with Crippen LogP contribution in [0.3, 0.4) is 0 Å². The van der Waals surface area contributed by atoms with Crippen LogP contribution >= 0.6 is 0 Å². The number of rotatable bonds is 9. The van der Waals surface area contributed by atoms with Gasteiger partial charge >= 0.3 is 0 Å². The lowest BCUT2D eigenvalue weighted by atomic mass is 10.1. The molecular weight excluding hydrogens is 441 g/mol. The largest absolute Gasteiger partial charge is 0.501 e. The highest BCUT2D eigenvalue weighted by Crippen LogP contribution is 2.25. The lowest BCUT2D eigenvalue weighted by molar-refractivity contribution is 0.0941. The van der Waals surface area contributed by atoms with Crippen LogP contribution in [0.15, 0.2) is 35.6 Å². The zero-order valence-electron chi connectivity index (χ0n) is 19.8. The number of nitrogens with one attached hydrogen (secondary N) is 2. The second-order valence-corrected chi connectivity index (χ2v) is 8.24. The van der Waals surface area contributed by atoms with Crippen molar-refractivity contribution in [2.75, 3.05) is 38.8 Å². The van der Waals surface area contributed by atoms with Crippen LogP contribution in [0.25, 0.3) is 0 Å². The van der Waals surface area contributed by atoms with Crippen LogP contribution in [0.4, 0.5) is 10.1 Å². The van der Waals surface area contributed by atoms with E-state index in [9.17, 15) is 19.1 Å². The second kappa shape index (κ2) is 11.3. The van der Waals surface area contributed by atoms with Gasteiger partial charge in [0.15, 0.2) is 5.69 Å². The van der Waals surface area contributed by atoms with Crippen molar-refractivity contribution < 1.29 is 19.0 Å². The fourth-order valence-electron chi connectivity index (χ4n) is 3.99. The minimum atomic E-state index is -0.709. The van der Waals surface area contributed by atoms with E-state index in [1.165, 1.54) is 16.7 Å². The van der Waals surface area contributed by atoms with Crippen LogP contribution < -0.4 is 21.1 Å². The molecule has 0 fully saturated rings. The SMILES string of the molecule is C=CCCN(C)c1cc(F)ccc1CNC(=O)c1nc2n(c(=O)c1O)[C@@H](CC)COC[C@H]2NC. The topological polar surface area (TPSA) is 109 Å². The number of aromatic hydroxyl groups is 1. The standard InChI is InChI=1S/C24H32FN5O4/c1-5-7-10-29(4)19-11-16(25)9-8-15(19)12-27-23(32)20-21(31)24(33)30-17(6-2)13-34-14-18(26-3)22(30)28-20/h5,8-9,11,17-18,26,31H,1,6-7,10,12-14H2,2-4H3,(H,27,32)/t17-,18+/m0/s1. The Morgan fingerprint density at radius 2 is 2.21 bits per heavy atom. The lowest BCUT2D eigenvalue weighted by Gasteiger charge is -2.23. The van der Waals surface area contributed by atoms with Crippen LogP contribution in [-0.2, 0) is 11.3 Å². The zero-order valence-corrected chi connectivity index (χ0v) is 19.8. The van der Waals surface area contributed by atoms with Gasteiger partial charge in [-0.1, -0.05) is 19.1 Å². The second-order valence-electron chi connectivity index (χ2n) is 8.24. The van der Waals surface area contributed by atoms with Gasteiger partial charge in [0, 0.05) is 25.8 Å². The van der Waals surface area contributed by atoms with E-state index in [0.29, 0.717) is 43.1 Å². The summed E-state index contributed by atoms with van der Waals surface area (Å²) >= 11 is 0. The Morgan fingerprint density at radius 1 is 1.44 bits per heavy atom. The third-order valence-electron chi connectivity index (χ3n) is 5.99. The van der Waals surface area contributed by atoms with E-state index in [4.69, 9.17) is 4.74 Å². The number of aromatic nitrogens is 2. The Kier molecular flexibility index (Phi) is 8.41. The van der Waals surface area contributed by atoms with E-state index in [2.05, 4.69) is 22.2 Å². The van der Waals surface area contributed by atoms with Crippen molar-refractivity contribution in [2.24, 2.45) is 0 Å². The molecule has 10 heteroatoms.